The number of hydrogen-bond donors (Lipinski definition) is 1. The van der Waals surface area contributed by atoms with Gasteiger partial charge in [-0.25, -0.2) is 4.39 Å². The normalized spacial score (nSPS) is 23.8. The summed E-state index contributed by atoms with van der Waals surface area (Å²) in [6.07, 6.45) is 2.03. The number of hydrogen-bond acceptors (Lipinski definition) is 2. The maximum Gasteiger partial charge on any atom is 0.126 e. The smallest absolute Gasteiger partial charge is 0.126 e. The third kappa shape index (κ3) is 3.09. The first-order valence-corrected chi connectivity index (χ1v) is 6.55. The fourth-order valence-corrected chi connectivity index (χ4v) is 2.31. The molecule has 0 heterocycles. The molecule has 2 nitrogen and oxygen atoms in total. The van der Waals surface area contributed by atoms with E-state index in [1.165, 1.54) is 0 Å². The van der Waals surface area contributed by atoms with Gasteiger partial charge < -0.3 is 10.1 Å². The number of ether oxygens (including phenoxy) is 1. The molecule has 0 saturated heterocycles. The number of methoxy groups -OCH3 is 1. The zero-order chi connectivity index (χ0) is 13.2. The Balaban J connectivity index is 1.79. The summed E-state index contributed by atoms with van der Waals surface area (Å²) in [6, 6.07) is 7.59. The average molecular weight is 251 g/mol. The topological polar surface area (TPSA) is 21.3 Å². The molecule has 1 saturated carbocycles. The predicted molar refractivity (Wildman–Crippen MR) is 71.3 cm³/mol. The molecule has 0 radical (unpaired) electrons. The number of nitrogens with one attached hydrogen (secondary N) is 1. The van der Waals surface area contributed by atoms with E-state index in [0.29, 0.717) is 12.0 Å². The van der Waals surface area contributed by atoms with Crippen molar-refractivity contribution in [2.45, 2.75) is 44.2 Å². The Labute approximate surface area is 109 Å². The molecule has 0 bridgehead atoms. The van der Waals surface area contributed by atoms with Crippen molar-refractivity contribution in [3.8, 4) is 0 Å². The van der Waals surface area contributed by atoms with Gasteiger partial charge in [0.1, 0.15) is 5.82 Å². The highest BCUT2D eigenvalue weighted by atomic mass is 19.1. The molecule has 1 aliphatic rings. The van der Waals surface area contributed by atoms with E-state index >= 15 is 0 Å². The fraction of sp³-hybridized carbons (Fsp3) is 0.600. The van der Waals surface area contributed by atoms with Crippen LogP contribution in [0.4, 0.5) is 4.39 Å². The van der Waals surface area contributed by atoms with Gasteiger partial charge in [0, 0.05) is 19.7 Å². The van der Waals surface area contributed by atoms with Crippen molar-refractivity contribution >= 4 is 0 Å². The predicted octanol–water partition coefficient (Wildman–Crippen LogP) is 3.09. The molecular weight excluding hydrogens is 229 g/mol. The number of halogens is 1. The van der Waals surface area contributed by atoms with Gasteiger partial charge in [0.05, 0.1) is 5.60 Å². The molecule has 0 aromatic heterocycles. The van der Waals surface area contributed by atoms with Gasteiger partial charge >= 0.3 is 0 Å². The lowest BCUT2D eigenvalue weighted by Crippen LogP contribution is -2.47. The van der Waals surface area contributed by atoms with Gasteiger partial charge in [0.2, 0.25) is 0 Å². The maximum atomic E-state index is 13.6. The summed E-state index contributed by atoms with van der Waals surface area (Å²) in [5, 5.41) is 3.48. The van der Waals surface area contributed by atoms with Crippen LogP contribution in [0.1, 0.15) is 38.2 Å². The SMILES string of the molecule is COC(C)(C)CNC1CC(c2ccccc2F)C1. The Hall–Kier alpha value is -0.930. The van der Waals surface area contributed by atoms with Crippen molar-refractivity contribution in [2.24, 2.45) is 0 Å². The molecule has 1 N–H and O–H groups in total. The lowest BCUT2D eigenvalue weighted by molar-refractivity contribution is 0.0179. The summed E-state index contributed by atoms with van der Waals surface area (Å²) >= 11 is 0. The van der Waals surface area contributed by atoms with Crippen LogP contribution < -0.4 is 5.32 Å². The summed E-state index contributed by atoms with van der Waals surface area (Å²) < 4.78 is 18.9. The molecule has 18 heavy (non-hydrogen) atoms. The van der Waals surface area contributed by atoms with Crippen LogP contribution in [0.15, 0.2) is 24.3 Å². The molecule has 0 atom stereocenters. The third-order valence-corrected chi connectivity index (χ3v) is 3.85. The summed E-state index contributed by atoms with van der Waals surface area (Å²) in [7, 11) is 1.73. The summed E-state index contributed by atoms with van der Waals surface area (Å²) in [6.45, 7) is 4.96. The van der Waals surface area contributed by atoms with Crippen molar-refractivity contribution in [3.63, 3.8) is 0 Å². The maximum absolute atomic E-state index is 13.6. The van der Waals surface area contributed by atoms with E-state index in [4.69, 9.17) is 4.74 Å². The summed E-state index contributed by atoms with van der Waals surface area (Å²) in [5.41, 5.74) is 0.727. The standard InChI is InChI=1S/C15H22FNO/c1-15(2,18-3)10-17-12-8-11(9-12)13-6-4-5-7-14(13)16/h4-7,11-12,17H,8-10H2,1-3H3. The molecular formula is C15H22FNO. The van der Waals surface area contributed by atoms with Crippen molar-refractivity contribution in [1.82, 2.24) is 5.32 Å². The van der Waals surface area contributed by atoms with Crippen LogP contribution in [0.5, 0.6) is 0 Å². The van der Waals surface area contributed by atoms with Crippen LogP contribution in [0.25, 0.3) is 0 Å². The minimum absolute atomic E-state index is 0.0711. The van der Waals surface area contributed by atoms with Gasteiger partial charge in [-0.15, -0.1) is 0 Å². The Kier molecular flexibility index (Phi) is 4.03. The van der Waals surface area contributed by atoms with Crippen LogP contribution in [0, 0.1) is 5.82 Å². The molecule has 3 heteroatoms. The van der Waals surface area contributed by atoms with E-state index in [9.17, 15) is 4.39 Å². The zero-order valence-electron chi connectivity index (χ0n) is 11.4. The van der Waals surface area contributed by atoms with Gasteiger partial charge in [0.15, 0.2) is 0 Å². The third-order valence-electron chi connectivity index (χ3n) is 3.85. The van der Waals surface area contributed by atoms with Crippen molar-refractivity contribution in [2.75, 3.05) is 13.7 Å². The molecule has 1 fully saturated rings. The monoisotopic (exact) mass is 251 g/mol. The second kappa shape index (κ2) is 5.37. The molecule has 0 unspecified atom stereocenters. The zero-order valence-corrected chi connectivity index (χ0v) is 11.4. The van der Waals surface area contributed by atoms with Crippen LogP contribution in [0.2, 0.25) is 0 Å². The van der Waals surface area contributed by atoms with Crippen LogP contribution >= 0.6 is 0 Å². The summed E-state index contributed by atoms with van der Waals surface area (Å²) in [4.78, 5) is 0. The van der Waals surface area contributed by atoms with E-state index < -0.39 is 0 Å². The van der Waals surface area contributed by atoms with Gasteiger partial charge in [-0.1, -0.05) is 18.2 Å². The molecule has 1 aliphatic carbocycles. The van der Waals surface area contributed by atoms with Crippen molar-refractivity contribution < 1.29 is 9.13 Å². The van der Waals surface area contributed by atoms with Crippen molar-refractivity contribution in [1.29, 1.82) is 0 Å². The molecule has 0 spiro atoms. The second-order valence-corrected chi connectivity index (χ2v) is 5.73. The number of benzene rings is 1. The first kappa shape index (κ1) is 13.5. The molecule has 2 rings (SSSR count). The lowest BCUT2D eigenvalue weighted by Gasteiger charge is -2.38. The highest BCUT2D eigenvalue weighted by molar-refractivity contribution is 5.24. The molecule has 0 aliphatic heterocycles. The van der Waals surface area contributed by atoms with E-state index in [1.807, 2.05) is 12.1 Å². The highest BCUT2D eigenvalue weighted by Gasteiger charge is 2.32. The molecule has 100 valence electrons. The minimum Gasteiger partial charge on any atom is -0.377 e. The lowest BCUT2D eigenvalue weighted by atomic mass is 9.75. The fourth-order valence-electron chi connectivity index (χ4n) is 2.31. The summed E-state index contributed by atoms with van der Waals surface area (Å²) in [5.74, 6) is 0.299. The van der Waals surface area contributed by atoms with E-state index in [2.05, 4.69) is 19.2 Å². The van der Waals surface area contributed by atoms with Gasteiger partial charge in [0.25, 0.3) is 0 Å². The largest absolute Gasteiger partial charge is 0.377 e. The van der Waals surface area contributed by atoms with Gasteiger partial charge in [-0.2, -0.15) is 0 Å². The first-order valence-electron chi connectivity index (χ1n) is 6.55. The Morgan fingerprint density at radius 2 is 2.00 bits per heavy atom. The van der Waals surface area contributed by atoms with E-state index in [0.717, 1.165) is 24.9 Å². The number of rotatable bonds is 5. The average Bonchev–Trinajstić information content (AvgIpc) is 2.29. The van der Waals surface area contributed by atoms with E-state index in [-0.39, 0.29) is 11.4 Å². The van der Waals surface area contributed by atoms with Crippen molar-refractivity contribution in [3.05, 3.63) is 35.6 Å². The Morgan fingerprint density at radius 1 is 1.33 bits per heavy atom. The van der Waals surface area contributed by atoms with Gasteiger partial charge in [-0.05, 0) is 44.2 Å². The molecule has 1 aromatic carbocycles. The van der Waals surface area contributed by atoms with Gasteiger partial charge in [-0.3, -0.25) is 0 Å². The first-order chi connectivity index (χ1) is 8.52. The second-order valence-electron chi connectivity index (χ2n) is 5.73. The Bertz CT molecular complexity index is 399. The minimum atomic E-state index is -0.136. The van der Waals surface area contributed by atoms with Crippen LogP contribution in [0.3, 0.4) is 0 Å². The molecule has 0 amide bonds. The van der Waals surface area contributed by atoms with Crippen LogP contribution in [-0.2, 0) is 4.74 Å². The highest BCUT2D eigenvalue weighted by Crippen LogP contribution is 2.38. The molecule has 1 aromatic rings. The quantitative estimate of drug-likeness (QED) is 0.868. The van der Waals surface area contributed by atoms with E-state index in [1.54, 1.807) is 19.2 Å². The Morgan fingerprint density at radius 3 is 2.61 bits per heavy atom. The van der Waals surface area contributed by atoms with Crippen LogP contribution in [-0.4, -0.2) is 25.3 Å².